The van der Waals surface area contributed by atoms with Gasteiger partial charge in [0.25, 0.3) is 5.91 Å². The molecule has 1 amide bonds. The second-order valence-corrected chi connectivity index (χ2v) is 5.14. The Labute approximate surface area is 130 Å². The summed E-state index contributed by atoms with van der Waals surface area (Å²) in [6.07, 6.45) is 1.54. The van der Waals surface area contributed by atoms with Gasteiger partial charge in [0.2, 0.25) is 5.56 Å². The number of benzene rings is 2. The van der Waals surface area contributed by atoms with E-state index in [0.717, 1.165) is 11.0 Å². The van der Waals surface area contributed by atoms with Gasteiger partial charge < -0.3 is 4.98 Å². The maximum atomic E-state index is 12.6. The minimum Gasteiger partial charge on any atom is -0.322 e. The van der Waals surface area contributed by atoms with Crippen molar-refractivity contribution >= 4 is 27.8 Å². The van der Waals surface area contributed by atoms with Crippen LogP contribution in [0.1, 0.15) is 10.4 Å². The molecule has 2 aromatic heterocycles. The van der Waals surface area contributed by atoms with Gasteiger partial charge in [-0.15, -0.1) is 0 Å². The lowest BCUT2D eigenvalue weighted by molar-refractivity contribution is 0.101. The lowest BCUT2D eigenvalue weighted by atomic mass is 10.1. The van der Waals surface area contributed by atoms with Crippen LogP contribution >= 0.6 is 0 Å². The summed E-state index contributed by atoms with van der Waals surface area (Å²) < 4.78 is 1.55. The van der Waals surface area contributed by atoms with Gasteiger partial charge in [-0.05, 0) is 18.2 Å². The lowest BCUT2D eigenvalue weighted by Gasteiger charge is -2.09. The lowest BCUT2D eigenvalue weighted by Crippen LogP contribution is -2.24. The molecular formula is C17H12N4O2. The summed E-state index contributed by atoms with van der Waals surface area (Å²) in [6.45, 7) is 0. The molecule has 23 heavy (non-hydrogen) atoms. The quantitative estimate of drug-likeness (QED) is 0.596. The van der Waals surface area contributed by atoms with E-state index in [1.54, 1.807) is 16.8 Å². The van der Waals surface area contributed by atoms with Gasteiger partial charge in [-0.1, -0.05) is 30.3 Å². The molecule has 0 bridgehead atoms. The smallest absolute Gasteiger partial charge is 0.271 e. The van der Waals surface area contributed by atoms with E-state index in [9.17, 15) is 9.59 Å². The molecule has 6 nitrogen and oxygen atoms in total. The van der Waals surface area contributed by atoms with Gasteiger partial charge in [0.15, 0.2) is 0 Å². The van der Waals surface area contributed by atoms with Crippen molar-refractivity contribution in [1.29, 1.82) is 0 Å². The number of H-pyrrole nitrogens is 1. The maximum absolute atomic E-state index is 12.6. The number of fused-ring (bicyclic) bond motifs is 2. The number of nitrogens with zero attached hydrogens (tertiary/aromatic N) is 2. The largest absolute Gasteiger partial charge is 0.322 e. The van der Waals surface area contributed by atoms with Gasteiger partial charge >= 0.3 is 0 Å². The molecule has 4 aromatic rings. The Balaban J connectivity index is 1.79. The summed E-state index contributed by atoms with van der Waals surface area (Å²) in [5, 5.41) is 0.689. The SMILES string of the molecule is O=C(Nn1cnc2ccccc21)c1cc(=O)[nH]c2ccccc12. The molecule has 2 aromatic carbocycles. The molecular weight excluding hydrogens is 292 g/mol. The fourth-order valence-electron chi connectivity index (χ4n) is 2.61. The zero-order chi connectivity index (χ0) is 15.8. The molecule has 2 N–H and O–H groups in total. The summed E-state index contributed by atoms with van der Waals surface area (Å²) in [7, 11) is 0. The Kier molecular flexibility index (Phi) is 2.94. The number of hydrogen-bond donors (Lipinski definition) is 2. The third-order valence-corrected chi connectivity index (χ3v) is 3.67. The third-order valence-electron chi connectivity index (χ3n) is 3.67. The molecule has 0 fully saturated rings. The van der Waals surface area contributed by atoms with Gasteiger partial charge in [-0.25, -0.2) is 9.66 Å². The van der Waals surface area contributed by atoms with Gasteiger partial charge in [0.05, 0.1) is 16.6 Å². The van der Waals surface area contributed by atoms with Gasteiger partial charge in [-0.3, -0.25) is 15.0 Å². The van der Waals surface area contributed by atoms with Gasteiger partial charge in [0.1, 0.15) is 6.33 Å². The van der Waals surface area contributed by atoms with E-state index in [2.05, 4.69) is 15.4 Å². The molecule has 0 aliphatic heterocycles. The molecule has 0 unspecified atom stereocenters. The number of nitrogens with one attached hydrogen (secondary N) is 2. The number of rotatable bonds is 2. The van der Waals surface area contributed by atoms with E-state index in [1.165, 1.54) is 12.4 Å². The van der Waals surface area contributed by atoms with E-state index < -0.39 is 0 Å². The predicted molar refractivity (Wildman–Crippen MR) is 88.0 cm³/mol. The molecule has 0 aliphatic rings. The monoisotopic (exact) mass is 304 g/mol. The first-order valence-electron chi connectivity index (χ1n) is 7.08. The second-order valence-electron chi connectivity index (χ2n) is 5.14. The zero-order valence-electron chi connectivity index (χ0n) is 12.0. The molecule has 0 saturated heterocycles. The van der Waals surface area contributed by atoms with E-state index >= 15 is 0 Å². The number of hydrogen-bond acceptors (Lipinski definition) is 3. The number of aromatic amines is 1. The summed E-state index contributed by atoms with van der Waals surface area (Å²) in [4.78, 5) is 31.3. The molecule has 0 spiro atoms. The first kappa shape index (κ1) is 13.3. The highest BCUT2D eigenvalue weighted by molar-refractivity contribution is 6.09. The zero-order valence-corrected chi connectivity index (χ0v) is 12.0. The highest BCUT2D eigenvalue weighted by Gasteiger charge is 2.13. The van der Waals surface area contributed by atoms with Crippen molar-refractivity contribution in [2.45, 2.75) is 0 Å². The van der Waals surface area contributed by atoms with Crippen molar-refractivity contribution in [1.82, 2.24) is 14.6 Å². The summed E-state index contributed by atoms with van der Waals surface area (Å²) >= 11 is 0. The third kappa shape index (κ3) is 2.26. The molecule has 0 radical (unpaired) electrons. The fourth-order valence-corrected chi connectivity index (χ4v) is 2.61. The van der Waals surface area contributed by atoms with Crippen LogP contribution < -0.4 is 11.0 Å². The molecule has 112 valence electrons. The van der Waals surface area contributed by atoms with Crippen LogP contribution in [-0.2, 0) is 0 Å². The molecule has 0 atom stereocenters. The van der Waals surface area contributed by atoms with Crippen molar-refractivity contribution in [2.75, 3.05) is 5.43 Å². The van der Waals surface area contributed by atoms with Crippen molar-refractivity contribution in [3.05, 3.63) is 76.8 Å². The molecule has 6 heteroatoms. The van der Waals surface area contributed by atoms with Crippen LogP contribution in [0.3, 0.4) is 0 Å². The van der Waals surface area contributed by atoms with Crippen molar-refractivity contribution < 1.29 is 4.79 Å². The molecule has 4 rings (SSSR count). The average Bonchev–Trinajstić information content (AvgIpc) is 2.97. The minimum absolute atomic E-state index is 0.315. The van der Waals surface area contributed by atoms with Crippen LogP contribution in [0.4, 0.5) is 0 Å². The van der Waals surface area contributed by atoms with Gasteiger partial charge in [0, 0.05) is 17.0 Å². The van der Waals surface area contributed by atoms with Crippen LogP contribution in [0.2, 0.25) is 0 Å². The number of carbonyl (C=O) groups excluding carboxylic acids is 1. The number of carbonyl (C=O) groups is 1. The molecule has 2 heterocycles. The van der Waals surface area contributed by atoms with Gasteiger partial charge in [-0.2, -0.15) is 0 Å². The minimum atomic E-state index is -0.365. The average molecular weight is 304 g/mol. The normalized spacial score (nSPS) is 11.0. The van der Waals surface area contributed by atoms with Crippen LogP contribution in [0.25, 0.3) is 21.9 Å². The predicted octanol–water partition coefficient (Wildman–Crippen LogP) is 2.26. The summed E-state index contributed by atoms with van der Waals surface area (Å²) in [6, 6.07) is 16.0. The van der Waals surface area contributed by atoms with Crippen LogP contribution in [0.15, 0.2) is 65.7 Å². The Bertz CT molecular complexity index is 1090. The number of pyridine rings is 1. The Morgan fingerprint density at radius 1 is 1.09 bits per heavy atom. The first-order valence-corrected chi connectivity index (χ1v) is 7.08. The van der Waals surface area contributed by atoms with E-state index in [1.807, 2.05) is 36.4 Å². The number of imidazole rings is 1. The van der Waals surface area contributed by atoms with Crippen molar-refractivity contribution in [2.24, 2.45) is 0 Å². The molecule has 0 saturated carbocycles. The fraction of sp³-hybridized carbons (Fsp3) is 0. The highest BCUT2D eigenvalue weighted by atomic mass is 16.2. The van der Waals surface area contributed by atoms with E-state index in [4.69, 9.17) is 0 Å². The van der Waals surface area contributed by atoms with Crippen molar-refractivity contribution in [3.8, 4) is 0 Å². The van der Waals surface area contributed by atoms with E-state index in [0.29, 0.717) is 16.5 Å². The number of para-hydroxylation sites is 3. The Morgan fingerprint density at radius 3 is 2.78 bits per heavy atom. The first-order chi connectivity index (χ1) is 11.2. The number of amides is 1. The number of aromatic nitrogens is 3. The summed E-state index contributed by atoms with van der Waals surface area (Å²) in [5.41, 5.74) is 4.96. The van der Waals surface area contributed by atoms with Crippen molar-refractivity contribution in [3.63, 3.8) is 0 Å². The Hall–Kier alpha value is -3.41. The standard InChI is InChI=1S/C17H12N4O2/c22-16-9-12(11-5-1-2-6-13(11)19-16)17(23)20-21-10-18-14-7-3-4-8-15(14)21/h1-10H,(H,19,22)(H,20,23). The maximum Gasteiger partial charge on any atom is 0.271 e. The topological polar surface area (TPSA) is 79.8 Å². The summed E-state index contributed by atoms with van der Waals surface area (Å²) in [5.74, 6) is -0.365. The highest BCUT2D eigenvalue weighted by Crippen LogP contribution is 2.15. The van der Waals surface area contributed by atoms with Crippen LogP contribution in [-0.4, -0.2) is 20.6 Å². The van der Waals surface area contributed by atoms with E-state index in [-0.39, 0.29) is 11.5 Å². The van der Waals surface area contributed by atoms with Crippen LogP contribution in [0.5, 0.6) is 0 Å². The second kappa shape index (κ2) is 5.10. The molecule has 0 aliphatic carbocycles. The Morgan fingerprint density at radius 2 is 1.87 bits per heavy atom. The van der Waals surface area contributed by atoms with Crippen LogP contribution in [0, 0.1) is 0 Å².